The van der Waals surface area contributed by atoms with E-state index in [1.54, 1.807) is 12.1 Å². The number of thioether (sulfide) groups is 1. The van der Waals surface area contributed by atoms with Gasteiger partial charge in [-0.15, -0.1) is 11.8 Å². The van der Waals surface area contributed by atoms with Crippen LogP contribution in [0.4, 0.5) is 5.69 Å². The molecule has 1 aromatic rings. The smallest absolute Gasteiger partial charge is 0.303 e. The molecule has 2 N–H and O–H groups in total. The first kappa shape index (κ1) is 25.5. The van der Waals surface area contributed by atoms with Gasteiger partial charge in [0.05, 0.1) is 5.69 Å². The van der Waals surface area contributed by atoms with Crippen LogP contribution in [0.1, 0.15) is 64.7 Å². The maximum absolute atomic E-state index is 12.7. The third-order valence-electron chi connectivity index (χ3n) is 4.57. The van der Waals surface area contributed by atoms with Crippen molar-refractivity contribution < 1.29 is 23.1 Å². The first-order chi connectivity index (χ1) is 13.8. The van der Waals surface area contributed by atoms with Gasteiger partial charge in [-0.25, -0.2) is 8.42 Å². The molecule has 0 saturated carbocycles. The lowest BCUT2D eigenvalue weighted by molar-refractivity contribution is -0.137. The highest BCUT2D eigenvalue weighted by atomic mass is 32.2. The average Bonchev–Trinajstić information content (AvgIpc) is 2.64. The van der Waals surface area contributed by atoms with Gasteiger partial charge in [-0.2, -0.15) is 0 Å². The number of carbonyl (C=O) groups excluding carboxylic acids is 1. The lowest BCUT2D eigenvalue weighted by Crippen LogP contribution is -2.34. The summed E-state index contributed by atoms with van der Waals surface area (Å²) in [6.45, 7) is 2.15. The molecule has 0 heterocycles. The molecule has 0 aliphatic heterocycles. The topological polar surface area (TPSA) is 101 Å². The predicted molar refractivity (Wildman–Crippen MR) is 119 cm³/mol. The van der Waals surface area contributed by atoms with Crippen LogP contribution in [0.2, 0.25) is 0 Å². The number of nitrogens with one attached hydrogen (secondary N) is 1. The number of rotatable bonds is 15. The molecule has 0 radical (unpaired) electrons. The van der Waals surface area contributed by atoms with Gasteiger partial charge in [0.25, 0.3) is 0 Å². The number of carboxylic acids is 1. The minimum atomic E-state index is -3.51. The Hall–Kier alpha value is -1.54. The normalized spacial score (nSPS) is 12.5. The zero-order valence-electron chi connectivity index (χ0n) is 17.4. The van der Waals surface area contributed by atoms with Crippen LogP contribution >= 0.6 is 11.8 Å². The van der Waals surface area contributed by atoms with E-state index in [9.17, 15) is 18.0 Å². The second-order valence-corrected chi connectivity index (χ2v) is 10.6. The van der Waals surface area contributed by atoms with Crippen LogP contribution in [0.15, 0.2) is 29.2 Å². The van der Waals surface area contributed by atoms with Crippen LogP contribution in [0.25, 0.3) is 0 Å². The molecule has 0 aliphatic rings. The molecule has 0 aromatic heterocycles. The van der Waals surface area contributed by atoms with Gasteiger partial charge in [0.15, 0.2) is 9.84 Å². The van der Waals surface area contributed by atoms with Crippen LogP contribution in [0.3, 0.4) is 0 Å². The number of unbranched alkanes of at least 4 members (excludes halogenated alkanes) is 5. The summed E-state index contributed by atoms with van der Waals surface area (Å²) in [5.74, 6) is -0.732. The Morgan fingerprint density at radius 2 is 1.72 bits per heavy atom. The Kier molecular flexibility index (Phi) is 12.0. The van der Waals surface area contributed by atoms with Gasteiger partial charge in [0.1, 0.15) is 5.25 Å². The molecule has 1 atom stereocenters. The second-order valence-electron chi connectivity index (χ2n) is 7.21. The molecule has 1 aromatic carbocycles. The van der Waals surface area contributed by atoms with Crippen molar-refractivity contribution in [2.24, 2.45) is 0 Å². The number of hydrogen-bond donors (Lipinski definition) is 2. The second kappa shape index (κ2) is 13.6. The third-order valence-corrected chi connectivity index (χ3v) is 7.21. The van der Waals surface area contributed by atoms with Crippen molar-refractivity contribution in [1.29, 1.82) is 0 Å². The van der Waals surface area contributed by atoms with Crippen LogP contribution in [-0.4, -0.2) is 42.7 Å². The van der Waals surface area contributed by atoms with Crippen molar-refractivity contribution in [1.82, 2.24) is 0 Å². The standard InChI is InChI=1S/C21H33NO5S2/c1-3-4-5-6-7-8-14-19(29(2,26)27)21(25)22-17-12-9-10-13-18(17)28-16-11-15-20(23)24/h9-10,12-13,19H,3-8,11,14-16H2,1-2H3,(H,22,25)(H,23,24). The maximum atomic E-state index is 12.7. The van der Waals surface area contributed by atoms with E-state index >= 15 is 0 Å². The lowest BCUT2D eigenvalue weighted by Gasteiger charge is -2.17. The molecule has 1 unspecified atom stereocenters. The highest BCUT2D eigenvalue weighted by Gasteiger charge is 2.28. The number of carbonyl (C=O) groups is 2. The Labute approximate surface area is 178 Å². The van der Waals surface area contributed by atoms with Crippen LogP contribution in [-0.2, 0) is 19.4 Å². The van der Waals surface area contributed by atoms with E-state index in [0.29, 0.717) is 30.7 Å². The van der Waals surface area contributed by atoms with Gasteiger partial charge < -0.3 is 10.4 Å². The van der Waals surface area contributed by atoms with Crippen LogP contribution in [0.5, 0.6) is 0 Å². The SMILES string of the molecule is CCCCCCCCC(C(=O)Nc1ccccc1SCCCC(=O)O)S(C)(=O)=O. The number of sulfone groups is 1. The number of anilines is 1. The third kappa shape index (κ3) is 10.7. The summed E-state index contributed by atoms with van der Waals surface area (Å²) in [5.41, 5.74) is 0.564. The van der Waals surface area contributed by atoms with Crippen molar-refractivity contribution >= 4 is 39.2 Å². The largest absolute Gasteiger partial charge is 0.481 e. The number of hydrogen-bond acceptors (Lipinski definition) is 5. The number of para-hydroxylation sites is 1. The monoisotopic (exact) mass is 443 g/mol. The summed E-state index contributed by atoms with van der Waals surface area (Å²) in [7, 11) is -3.51. The molecule has 0 aliphatic carbocycles. The van der Waals surface area contributed by atoms with E-state index in [-0.39, 0.29) is 6.42 Å². The summed E-state index contributed by atoms with van der Waals surface area (Å²) >= 11 is 1.45. The summed E-state index contributed by atoms with van der Waals surface area (Å²) in [4.78, 5) is 24.2. The summed E-state index contributed by atoms with van der Waals surface area (Å²) in [6.07, 6.45) is 8.21. The highest BCUT2D eigenvalue weighted by Crippen LogP contribution is 2.28. The van der Waals surface area contributed by atoms with Crippen molar-refractivity contribution in [2.45, 2.75) is 74.9 Å². The predicted octanol–water partition coefficient (Wildman–Crippen LogP) is 4.75. The molecule has 0 saturated heterocycles. The molecule has 0 bridgehead atoms. The maximum Gasteiger partial charge on any atom is 0.303 e. The number of aliphatic carboxylic acids is 1. The number of amides is 1. The van der Waals surface area contributed by atoms with E-state index in [4.69, 9.17) is 5.11 Å². The van der Waals surface area contributed by atoms with Gasteiger partial charge in [0, 0.05) is 17.6 Å². The molecular weight excluding hydrogens is 410 g/mol. The molecule has 0 spiro atoms. The van der Waals surface area contributed by atoms with E-state index in [1.165, 1.54) is 18.2 Å². The molecule has 0 fully saturated rings. The van der Waals surface area contributed by atoms with Gasteiger partial charge in [-0.1, -0.05) is 57.6 Å². The van der Waals surface area contributed by atoms with Gasteiger partial charge >= 0.3 is 5.97 Å². The van der Waals surface area contributed by atoms with Crippen LogP contribution < -0.4 is 5.32 Å². The Balaban J connectivity index is 2.68. The minimum Gasteiger partial charge on any atom is -0.481 e. The first-order valence-corrected chi connectivity index (χ1v) is 13.1. The molecule has 8 heteroatoms. The summed E-state index contributed by atoms with van der Waals surface area (Å²) in [6, 6.07) is 7.19. The first-order valence-electron chi connectivity index (χ1n) is 10.2. The van der Waals surface area contributed by atoms with Crippen molar-refractivity contribution in [3.63, 3.8) is 0 Å². The van der Waals surface area contributed by atoms with E-state index in [0.717, 1.165) is 36.8 Å². The van der Waals surface area contributed by atoms with Crippen molar-refractivity contribution in [3.05, 3.63) is 24.3 Å². The quantitative estimate of drug-likeness (QED) is 0.300. The highest BCUT2D eigenvalue weighted by molar-refractivity contribution is 7.99. The Morgan fingerprint density at radius 1 is 1.07 bits per heavy atom. The molecular formula is C21H33NO5S2. The number of benzene rings is 1. The van der Waals surface area contributed by atoms with Gasteiger partial charge in [0.2, 0.25) is 5.91 Å². The molecule has 1 rings (SSSR count). The van der Waals surface area contributed by atoms with Crippen molar-refractivity contribution in [3.8, 4) is 0 Å². The number of carboxylic acid groups (broad SMARTS) is 1. The van der Waals surface area contributed by atoms with Gasteiger partial charge in [-0.3, -0.25) is 9.59 Å². The fourth-order valence-electron chi connectivity index (χ4n) is 2.96. The summed E-state index contributed by atoms with van der Waals surface area (Å²) in [5, 5.41) is 10.4. The zero-order valence-corrected chi connectivity index (χ0v) is 19.0. The zero-order chi connectivity index (χ0) is 21.7. The molecule has 6 nitrogen and oxygen atoms in total. The van der Waals surface area contributed by atoms with E-state index < -0.39 is 27.0 Å². The average molecular weight is 444 g/mol. The minimum absolute atomic E-state index is 0.0932. The molecule has 29 heavy (non-hydrogen) atoms. The van der Waals surface area contributed by atoms with Gasteiger partial charge in [-0.05, 0) is 30.7 Å². The molecule has 164 valence electrons. The van der Waals surface area contributed by atoms with Crippen molar-refractivity contribution in [2.75, 3.05) is 17.3 Å². The Bertz CT molecular complexity index is 749. The fourth-order valence-corrected chi connectivity index (χ4v) is 4.96. The van der Waals surface area contributed by atoms with E-state index in [1.807, 2.05) is 12.1 Å². The van der Waals surface area contributed by atoms with Crippen LogP contribution in [0, 0.1) is 0 Å². The summed E-state index contributed by atoms with van der Waals surface area (Å²) < 4.78 is 24.3. The molecule has 1 amide bonds. The van der Waals surface area contributed by atoms with E-state index in [2.05, 4.69) is 12.2 Å². The Morgan fingerprint density at radius 3 is 2.38 bits per heavy atom. The fraction of sp³-hybridized carbons (Fsp3) is 0.619. The lowest BCUT2D eigenvalue weighted by atomic mass is 10.1.